The number of hydrogen-bond donors (Lipinski definition) is 2. The molecule has 0 aliphatic heterocycles. The maximum Gasteiger partial charge on any atom is 0.287 e. The molecule has 0 heterocycles. The van der Waals surface area contributed by atoms with Crippen LogP contribution in [0.25, 0.3) is 0 Å². The Kier molecular flexibility index (Phi) is 4.66. The Morgan fingerprint density at radius 1 is 1.31 bits per heavy atom. The minimum Gasteiger partial charge on any atom is -0.348 e. The molecule has 0 saturated heterocycles. The Morgan fingerprint density at radius 2 is 1.94 bits per heavy atom. The summed E-state index contributed by atoms with van der Waals surface area (Å²) in [6.07, 6.45) is 0.680. The highest BCUT2D eigenvalue weighted by Gasteiger charge is 2.09. The largest absolute Gasteiger partial charge is 0.348 e. The van der Waals surface area contributed by atoms with Crippen LogP contribution in [0.15, 0.2) is 30.3 Å². The van der Waals surface area contributed by atoms with Crippen LogP contribution in [0.5, 0.6) is 0 Å². The van der Waals surface area contributed by atoms with Crippen molar-refractivity contribution in [1.82, 2.24) is 5.32 Å². The summed E-state index contributed by atoms with van der Waals surface area (Å²) in [5.74, 6) is -1.07. The van der Waals surface area contributed by atoms with Crippen LogP contribution in [0.2, 0.25) is 0 Å². The van der Waals surface area contributed by atoms with E-state index in [1.807, 2.05) is 30.3 Å². The van der Waals surface area contributed by atoms with Gasteiger partial charge < -0.3 is 11.1 Å². The lowest BCUT2D eigenvalue weighted by atomic mass is 10.1. The Hall–Kier alpha value is -1.68. The molecule has 0 radical (unpaired) electrons. The summed E-state index contributed by atoms with van der Waals surface area (Å²) in [5, 5.41) is 2.49. The van der Waals surface area contributed by atoms with Gasteiger partial charge in [0, 0.05) is 19.5 Å². The van der Waals surface area contributed by atoms with Gasteiger partial charge >= 0.3 is 0 Å². The fraction of sp³-hybridized carbons (Fsp3) is 0.333. The van der Waals surface area contributed by atoms with E-state index in [4.69, 9.17) is 5.73 Å². The van der Waals surface area contributed by atoms with Crippen LogP contribution in [-0.2, 0) is 16.0 Å². The Labute approximate surface area is 94.8 Å². The first kappa shape index (κ1) is 12.4. The van der Waals surface area contributed by atoms with Crippen LogP contribution >= 0.6 is 0 Å². The van der Waals surface area contributed by atoms with Crippen LogP contribution in [0.1, 0.15) is 12.5 Å². The zero-order valence-corrected chi connectivity index (χ0v) is 9.27. The second kappa shape index (κ2) is 6.02. The van der Waals surface area contributed by atoms with Gasteiger partial charge in [0.25, 0.3) is 5.91 Å². The van der Waals surface area contributed by atoms with Gasteiger partial charge in [0.1, 0.15) is 0 Å². The molecule has 0 unspecified atom stereocenters. The highest BCUT2D eigenvalue weighted by Crippen LogP contribution is 2.00. The lowest BCUT2D eigenvalue weighted by molar-refractivity contribution is -0.136. The summed E-state index contributed by atoms with van der Waals surface area (Å²) in [5.41, 5.74) is 6.95. The van der Waals surface area contributed by atoms with Gasteiger partial charge in [-0.15, -0.1) is 0 Å². The molecule has 4 heteroatoms. The average molecular weight is 220 g/mol. The van der Waals surface area contributed by atoms with Crippen molar-refractivity contribution >= 4 is 11.7 Å². The normalized spacial score (nSPS) is 11.9. The molecule has 1 aromatic rings. The number of Topliss-reactive ketones (excluding diaryl/α,β-unsaturated/α-hetero) is 1. The van der Waals surface area contributed by atoms with Crippen LogP contribution in [0, 0.1) is 0 Å². The lowest BCUT2D eigenvalue weighted by Gasteiger charge is -2.11. The quantitative estimate of drug-likeness (QED) is 0.699. The van der Waals surface area contributed by atoms with E-state index in [0.29, 0.717) is 13.0 Å². The fourth-order valence-corrected chi connectivity index (χ4v) is 1.34. The third-order valence-corrected chi connectivity index (χ3v) is 2.19. The van der Waals surface area contributed by atoms with Crippen molar-refractivity contribution in [3.63, 3.8) is 0 Å². The van der Waals surface area contributed by atoms with Crippen molar-refractivity contribution in [2.45, 2.75) is 19.4 Å². The predicted molar refractivity (Wildman–Crippen MR) is 61.8 cm³/mol. The maximum absolute atomic E-state index is 11.0. The molecule has 0 aliphatic rings. The number of nitrogens with two attached hydrogens (primary N) is 1. The maximum atomic E-state index is 11.0. The summed E-state index contributed by atoms with van der Waals surface area (Å²) in [6.45, 7) is 1.55. The number of amides is 1. The highest BCUT2D eigenvalue weighted by atomic mass is 16.2. The molecule has 1 rings (SSSR count). The number of ketones is 1. The van der Waals surface area contributed by atoms with E-state index in [9.17, 15) is 9.59 Å². The first-order valence-corrected chi connectivity index (χ1v) is 5.18. The molecule has 0 spiro atoms. The second-order valence-electron chi connectivity index (χ2n) is 3.72. The third kappa shape index (κ3) is 4.23. The Balaban J connectivity index is 2.34. The Bertz CT molecular complexity index is 363. The summed E-state index contributed by atoms with van der Waals surface area (Å²) in [7, 11) is 0. The van der Waals surface area contributed by atoms with Gasteiger partial charge in [0.15, 0.2) is 0 Å². The molecular formula is C12H16N2O2. The van der Waals surface area contributed by atoms with Crippen LogP contribution < -0.4 is 11.1 Å². The minimum atomic E-state index is -0.580. The molecule has 1 atom stereocenters. The van der Waals surface area contributed by atoms with Gasteiger partial charge in [0.05, 0.1) is 0 Å². The number of carbonyl (C=O) groups is 2. The van der Waals surface area contributed by atoms with E-state index >= 15 is 0 Å². The third-order valence-electron chi connectivity index (χ3n) is 2.19. The topological polar surface area (TPSA) is 72.2 Å². The summed E-state index contributed by atoms with van der Waals surface area (Å²) < 4.78 is 0. The highest BCUT2D eigenvalue weighted by molar-refractivity contribution is 6.35. The summed E-state index contributed by atoms with van der Waals surface area (Å²) in [6, 6.07) is 9.60. The van der Waals surface area contributed by atoms with Gasteiger partial charge in [-0.3, -0.25) is 9.59 Å². The van der Waals surface area contributed by atoms with Gasteiger partial charge in [-0.1, -0.05) is 30.3 Å². The van der Waals surface area contributed by atoms with E-state index in [0.717, 1.165) is 5.56 Å². The molecule has 0 aromatic heterocycles. The van der Waals surface area contributed by atoms with Crippen molar-refractivity contribution in [1.29, 1.82) is 0 Å². The lowest BCUT2D eigenvalue weighted by Crippen LogP contribution is -2.40. The fourth-order valence-electron chi connectivity index (χ4n) is 1.34. The second-order valence-corrected chi connectivity index (χ2v) is 3.72. The van der Waals surface area contributed by atoms with Crippen LogP contribution in [0.3, 0.4) is 0 Å². The molecule has 0 saturated carbocycles. The number of rotatable bonds is 5. The summed E-state index contributed by atoms with van der Waals surface area (Å²) in [4.78, 5) is 21.6. The average Bonchev–Trinajstić information content (AvgIpc) is 2.27. The monoisotopic (exact) mass is 220 g/mol. The van der Waals surface area contributed by atoms with Crippen molar-refractivity contribution in [2.75, 3.05) is 6.54 Å². The SMILES string of the molecule is CC(=O)C(=O)NC[C@@H](N)Cc1ccccc1. The van der Waals surface area contributed by atoms with Crippen LogP contribution in [0.4, 0.5) is 0 Å². The zero-order chi connectivity index (χ0) is 12.0. The smallest absolute Gasteiger partial charge is 0.287 e. The molecule has 0 aliphatic carbocycles. The Morgan fingerprint density at radius 3 is 2.50 bits per heavy atom. The molecule has 86 valence electrons. The standard InChI is InChI=1S/C12H16N2O2/c1-9(15)12(16)14-8-11(13)7-10-5-3-2-4-6-10/h2-6,11H,7-8,13H2,1H3,(H,14,16)/t11-/m0/s1. The van der Waals surface area contributed by atoms with Crippen molar-refractivity contribution in [3.8, 4) is 0 Å². The van der Waals surface area contributed by atoms with Gasteiger partial charge in [-0.2, -0.15) is 0 Å². The van der Waals surface area contributed by atoms with E-state index < -0.39 is 11.7 Å². The first-order chi connectivity index (χ1) is 7.59. The van der Waals surface area contributed by atoms with Crippen molar-refractivity contribution in [3.05, 3.63) is 35.9 Å². The van der Waals surface area contributed by atoms with Crippen molar-refractivity contribution < 1.29 is 9.59 Å². The van der Waals surface area contributed by atoms with E-state index in [1.54, 1.807) is 0 Å². The predicted octanol–water partition coefficient (Wildman–Crippen LogP) is 0.262. The zero-order valence-electron chi connectivity index (χ0n) is 9.27. The first-order valence-electron chi connectivity index (χ1n) is 5.18. The number of hydrogen-bond acceptors (Lipinski definition) is 3. The molecule has 1 aromatic carbocycles. The minimum absolute atomic E-state index is 0.175. The number of benzene rings is 1. The van der Waals surface area contributed by atoms with Gasteiger partial charge in [-0.25, -0.2) is 0 Å². The molecule has 4 nitrogen and oxygen atoms in total. The molecule has 3 N–H and O–H groups in total. The molecule has 0 fully saturated rings. The van der Waals surface area contributed by atoms with Crippen LogP contribution in [-0.4, -0.2) is 24.3 Å². The van der Waals surface area contributed by atoms with E-state index in [1.165, 1.54) is 6.92 Å². The van der Waals surface area contributed by atoms with Gasteiger partial charge in [0.2, 0.25) is 5.78 Å². The molecular weight excluding hydrogens is 204 g/mol. The van der Waals surface area contributed by atoms with E-state index in [-0.39, 0.29) is 6.04 Å². The van der Waals surface area contributed by atoms with Crippen molar-refractivity contribution in [2.24, 2.45) is 5.73 Å². The number of nitrogens with one attached hydrogen (secondary N) is 1. The summed E-state index contributed by atoms with van der Waals surface area (Å²) >= 11 is 0. The van der Waals surface area contributed by atoms with E-state index in [2.05, 4.69) is 5.32 Å². The molecule has 0 bridgehead atoms. The molecule has 1 amide bonds. The van der Waals surface area contributed by atoms with Gasteiger partial charge in [-0.05, 0) is 12.0 Å². The molecule has 16 heavy (non-hydrogen) atoms. The number of carbonyl (C=O) groups excluding carboxylic acids is 2.